The van der Waals surface area contributed by atoms with Gasteiger partial charge in [-0.1, -0.05) is 6.42 Å². The summed E-state index contributed by atoms with van der Waals surface area (Å²) in [6.45, 7) is 1.60. The summed E-state index contributed by atoms with van der Waals surface area (Å²) in [4.78, 5) is 4.17. The van der Waals surface area contributed by atoms with Gasteiger partial charge in [-0.3, -0.25) is 4.99 Å². The van der Waals surface area contributed by atoms with E-state index in [-0.39, 0.29) is 30.0 Å². The zero-order valence-corrected chi connectivity index (χ0v) is 18.1. The van der Waals surface area contributed by atoms with Gasteiger partial charge in [-0.2, -0.15) is 17.0 Å². The van der Waals surface area contributed by atoms with Crippen LogP contribution in [0.5, 0.6) is 0 Å². The van der Waals surface area contributed by atoms with E-state index in [4.69, 9.17) is 4.42 Å². The first-order chi connectivity index (χ1) is 11.4. The number of aliphatic imine (C=N–C) groups is 1. The van der Waals surface area contributed by atoms with Crippen LogP contribution in [-0.4, -0.2) is 63.3 Å². The summed E-state index contributed by atoms with van der Waals surface area (Å²) < 4.78 is 33.0. The lowest BCUT2D eigenvalue weighted by atomic mass is 10.1. The van der Waals surface area contributed by atoms with E-state index in [0.717, 1.165) is 25.0 Å². The number of hydrogen-bond acceptors (Lipinski definition) is 4. The van der Waals surface area contributed by atoms with Crippen LogP contribution in [0, 0.1) is 0 Å². The van der Waals surface area contributed by atoms with Gasteiger partial charge < -0.3 is 15.1 Å². The number of rotatable bonds is 6. The van der Waals surface area contributed by atoms with Crippen LogP contribution in [0.2, 0.25) is 0 Å². The molecule has 1 atom stereocenters. The van der Waals surface area contributed by atoms with Gasteiger partial charge in [0.2, 0.25) is 0 Å². The minimum absolute atomic E-state index is 0. The van der Waals surface area contributed by atoms with Crippen molar-refractivity contribution in [3.8, 4) is 0 Å². The van der Waals surface area contributed by atoms with E-state index in [2.05, 4.69) is 15.6 Å². The topological polar surface area (TPSA) is 90.2 Å². The fourth-order valence-electron chi connectivity index (χ4n) is 2.71. The van der Waals surface area contributed by atoms with Gasteiger partial charge in [0.05, 0.1) is 12.8 Å². The highest BCUT2D eigenvalue weighted by molar-refractivity contribution is 14.0. The summed E-state index contributed by atoms with van der Waals surface area (Å²) in [6, 6.07) is 3.64. The number of halogens is 1. The lowest BCUT2D eigenvalue weighted by Crippen LogP contribution is -2.53. The van der Waals surface area contributed by atoms with Crippen molar-refractivity contribution in [1.29, 1.82) is 0 Å². The predicted molar refractivity (Wildman–Crippen MR) is 109 cm³/mol. The minimum atomic E-state index is -3.40. The molecule has 0 saturated carbocycles. The Hall–Kier alpha value is -0.850. The quantitative estimate of drug-likeness (QED) is 0.360. The highest BCUT2D eigenvalue weighted by atomic mass is 127. The van der Waals surface area contributed by atoms with E-state index >= 15 is 0 Å². The maximum absolute atomic E-state index is 12.5. The van der Waals surface area contributed by atoms with Crippen LogP contribution < -0.4 is 10.6 Å². The third-order valence-corrected chi connectivity index (χ3v) is 6.07. The third kappa shape index (κ3) is 6.12. The summed E-state index contributed by atoms with van der Waals surface area (Å²) in [5.41, 5.74) is 0. The summed E-state index contributed by atoms with van der Waals surface area (Å²) in [6.07, 6.45) is 4.40. The normalized spacial score (nSPS) is 19.5. The van der Waals surface area contributed by atoms with Gasteiger partial charge in [0.25, 0.3) is 10.2 Å². The maximum Gasteiger partial charge on any atom is 0.281 e. The van der Waals surface area contributed by atoms with Gasteiger partial charge >= 0.3 is 0 Å². The first-order valence-electron chi connectivity index (χ1n) is 8.11. The molecule has 1 unspecified atom stereocenters. The van der Waals surface area contributed by atoms with E-state index in [1.165, 1.54) is 4.31 Å². The van der Waals surface area contributed by atoms with Crippen molar-refractivity contribution < 1.29 is 12.8 Å². The first-order valence-corrected chi connectivity index (χ1v) is 9.51. The Bertz CT molecular complexity index is 634. The Labute approximate surface area is 167 Å². The first kappa shape index (κ1) is 22.2. The Kier molecular flexibility index (Phi) is 9.17. The fraction of sp³-hybridized carbons (Fsp3) is 0.667. The zero-order chi connectivity index (χ0) is 17.6. The molecule has 1 aromatic rings. The molecule has 144 valence electrons. The lowest BCUT2D eigenvalue weighted by Gasteiger charge is -2.36. The van der Waals surface area contributed by atoms with Crippen LogP contribution in [0.1, 0.15) is 25.0 Å². The molecule has 8 nitrogen and oxygen atoms in total. The SMILES string of the molecule is CN=C(NCc1ccco1)NCC1CCCCN1S(=O)(=O)N(C)C.I. The molecule has 0 radical (unpaired) electrons. The highest BCUT2D eigenvalue weighted by Gasteiger charge is 2.33. The molecule has 1 fully saturated rings. The van der Waals surface area contributed by atoms with E-state index < -0.39 is 10.2 Å². The summed E-state index contributed by atoms with van der Waals surface area (Å²) in [5, 5.41) is 6.37. The number of hydrogen-bond donors (Lipinski definition) is 2. The molecular weight excluding hydrogens is 457 g/mol. The molecule has 1 aromatic heterocycles. The molecule has 0 amide bonds. The Morgan fingerprint density at radius 3 is 2.76 bits per heavy atom. The van der Waals surface area contributed by atoms with Crippen molar-refractivity contribution in [3.63, 3.8) is 0 Å². The molecule has 2 rings (SSSR count). The zero-order valence-electron chi connectivity index (χ0n) is 14.9. The molecule has 2 heterocycles. The van der Waals surface area contributed by atoms with Gasteiger partial charge in [0.15, 0.2) is 5.96 Å². The van der Waals surface area contributed by atoms with Crippen molar-refractivity contribution in [2.75, 3.05) is 34.2 Å². The van der Waals surface area contributed by atoms with Crippen molar-refractivity contribution in [2.45, 2.75) is 31.8 Å². The summed E-state index contributed by atoms with van der Waals surface area (Å²) >= 11 is 0. The van der Waals surface area contributed by atoms with Crippen LogP contribution in [0.3, 0.4) is 0 Å². The molecule has 1 aliphatic rings. The standard InChI is InChI=1S/C15H27N5O3S.HI/c1-16-15(18-12-14-8-6-10-23-14)17-11-13-7-4-5-9-20(13)24(21,22)19(2)3;/h6,8,10,13H,4-5,7,9,11-12H2,1-3H3,(H2,16,17,18);1H. The largest absolute Gasteiger partial charge is 0.467 e. The van der Waals surface area contributed by atoms with Crippen LogP contribution >= 0.6 is 24.0 Å². The average molecular weight is 485 g/mol. The molecule has 0 aliphatic carbocycles. The molecule has 1 aliphatic heterocycles. The van der Waals surface area contributed by atoms with Crippen molar-refractivity contribution in [1.82, 2.24) is 19.2 Å². The smallest absolute Gasteiger partial charge is 0.281 e. The van der Waals surface area contributed by atoms with E-state index in [1.807, 2.05) is 12.1 Å². The van der Waals surface area contributed by atoms with Gasteiger partial charge in [-0.15, -0.1) is 24.0 Å². The molecule has 0 bridgehead atoms. The Morgan fingerprint density at radius 2 is 2.16 bits per heavy atom. The van der Waals surface area contributed by atoms with Gasteiger partial charge in [-0.25, -0.2) is 0 Å². The van der Waals surface area contributed by atoms with Crippen molar-refractivity contribution in [2.24, 2.45) is 4.99 Å². The minimum Gasteiger partial charge on any atom is -0.467 e. The van der Waals surface area contributed by atoms with Gasteiger partial charge in [-0.05, 0) is 25.0 Å². The van der Waals surface area contributed by atoms with Gasteiger partial charge in [0, 0.05) is 40.3 Å². The monoisotopic (exact) mass is 485 g/mol. The second-order valence-corrected chi connectivity index (χ2v) is 8.03. The van der Waals surface area contributed by atoms with E-state index in [0.29, 0.717) is 25.6 Å². The molecule has 0 aromatic carbocycles. The maximum atomic E-state index is 12.5. The molecule has 25 heavy (non-hydrogen) atoms. The number of nitrogens with one attached hydrogen (secondary N) is 2. The second-order valence-electron chi connectivity index (χ2n) is 5.94. The fourth-order valence-corrected chi connectivity index (χ4v) is 4.05. The Morgan fingerprint density at radius 1 is 1.40 bits per heavy atom. The lowest BCUT2D eigenvalue weighted by molar-refractivity contribution is 0.239. The summed E-state index contributed by atoms with van der Waals surface area (Å²) in [7, 11) is 1.42. The van der Waals surface area contributed by atoms with Crippen LogP contribution in [0.4, 0.5) is 0 Å². The highest BCUT2D eigenvalue weighted by Crippen LogP contribution is 2.21. The number of furan rings is 1. The van der Waals surface area contributed by atoms with Gasteiger partial charge in [0.1, 0.15) is 5.76 Å². The van der Waals surface area contributed by atoms with Crippen LogP contribution in [0.25, 0.3) is 0 Å². The van der Waals surface area contributed by atoms with Crippen molar-refractivity contribution >= 4 is 40.1 Å². The molecule has 10 heteroatoms. The number of guanidine groups is 1. The number of nitrogens with zero attached hydrogens (tertiary/aromatic N) is 3. The van der Waals surface area contributed by atoms with Crippen LogP contribution in [-0.2, 0) is 16.8 Å². The molecule has 1 saturated heterocycles. The van der Waals surface area contributed by atoms with E-state index in [1.54, 1.807) is 31.7 Å². The average Bonchev–Trinajstić information content (AvgIpc) is 3.08. The number of piperidine rings is 1. The van der Waals surface area contributed by atoms with Crippen LogP contribution in [0.15, 0.2) is 27.8 Å². The third-order valence-electron chi connectivity index (χ3n) is 4.07. The second kappa shape index (κ2) is 10.3. The molecular formula is C15H28IN5O3S. The molecule has 0 spiro atoms. The van der Waals surface area contributed by atoms with E-state index in [9.17, 15) is 8.42 Å². The Balaban J connectivity index is 0.00000312. The summed E-state index contributed by atoms with van der Waals surface area (Å²) in [5.74, 6) is 1.44. The van der Waals surface area contributed by atoms with Crippen molar-refractivity contribution in [3.05, 3.63) is 24.2 Å². The predicted octanol–water partition coefficient (Wildman–Crippen LogP) is 1.22. The molecule has 2 N–H and O–H groups in total.